The Balaban J connectivity index is 2.72. The number of benzene rings is 1. The second kappa shape index (κ2) is 4.06. The van der Waals surface area contributed by atoms with Gasteiger partial charge in [0.15, 0.2) is 0 Å². The standard InChI is InChI=1S/C14H23NOSi2/c1-17(2,3)11-7-8-12(18(4,5)6)13-10(11)9-15-14(13)16/h7-8H,9H2,1-6H3,(H,15,16). The molecule has 0 atom stereocenters. The van der Waals surface area contributed by atoms with E-state index in [9.17, 15) is 4.79 Å². The quantitative estimate of drug-likeness (QED) is 0.823. The van der Waals surface area contributed by atoms with Crippen LogP contribution in [0.3, 0.4) is 0 Å². The van der Waals surface area contributed by atoms with Crippen molar-refractivity contribution in [3.63, 3.8) is 0 Å². The van der Waals surface area contributed by atoms with Crippen LogP contribution in [0, 0.1) is 0 Å². The van der Waals surface area contributed by atoms with E-state index in [4.69, 9.17) is 0 Å². The molecule has 1 amide bonds. The van der Waals surface area contributed by atoms with Crippen LogP contribution in [0.5, 0.6) is 0 Å². The Hall–Kier alpha value is -0.876. The van der Waals surface area contributed by atoms with Crippen LogP contribution in [0.15, 0.2) is 12.1 Å². The van der Waals surface area contributed by atoms with Crippen molar-refractivity contribution in [2.45, 2.75) is 45.8 Å². The number of hydrogen-bond acceptors (Lipinski definition) is 1. The molecule has 4 heteroatoms. The number of rotatable bonds is 2. The lowest BCUT2D eigenvalue weighted by molar-refractivity contribution is 0.0966. The molecule has 0 saturated heterocycles. The highest BCUT2D eigenvalue weighted by Gasteiger charge is 2.33. The minimum atomic E-state index is -1.46. The molecule has 2 nitrogen and oxygen atoms in total. The van der Waals surface area contributed by atoms with E-state index in [1.54, 1.807) is 0 Å². The summed E-state index contributed by atoms with van der Waals surface area (Å²) in [6.45, 7) is 14.7. The average molecular weight is 278 g/mol. The summed E-state index contributed by atoms with van der Waals surface area (Å²) in [5, 5.41) is 5.77. The predicted molar refractivity (Wildman–Crippen MR) is 83.6 cm³/mol. The van der Waals surface area contributed by atoms with Gasteiger partial charge in [0.25, 0.3) is 5.91 Å². The monoisotopic (exact) mass is 277 g/mol. The van der Waals surface area contributed by atoms with Gasteiger partial charge in [-0.3, -0.25) is 4.79 Å². The maximum Gasteiger partial charge on any atom is 0.251 e. The molecule has 0 radical (unpaired) electrons. The number of hydrogen-bond donors (Lipinski definition) is 1. The van der Waals surface area contributed by atoms with Gasteiger partial charge in [-0.2, -0.15) is 0 Å². The Morgan fingerprint density at radius 1 is 0.944 bits per heavy atom. The normalized spacial score (nSPS) is 15.6. The van der Waals surface area contributed by atoms with E-state index in [0.717, 1.165) is 12.1 Å². The van der Waals surface area contributed by atoms with Gasteiger partial charge >= 0.3 is 0 Å². The van der Waals surface area contributed by atoms with E-state index < -0.39 is 16.1 Å². The summed E-state index contributed by atoms with van der Waals surface area (Å²) in [6, 6.07) is 4.52. The lowest BCUT2D eigenvalue weighted by Crippen LogP contribution is -2.46. The molecule has 0 fully saturated rings. The fourth-order valence-electron chi connectivity index (χ4n) is 2.68. The maximum absolute atomic E-state index is 12.1. The zero-order valence-electron chi connectivity index (χ0n) is 12.3. The number of carbonyl (C=O) groups excluding carboxylic acids is 1. The van der Waals surface area contributed by atoms with Crippen LogP contribution < -0.4 is 15.7 Å². The van der Waals surface area contributed by atoms with Gasteiger partial charge in [0, 0.05) is 12.1 Å². The van der Waals surface area contributed by atoms with Crippen LogP contribution in [0.4, 0.5) is 0 Å². The summed E-state index contributed by atoms with van der Waals surface area (Å²) in [7, 11) is -2.84. The van der Waals surface area contributed by atoms with Gasteiger partial charge in [-0.15, -0.1) is 0 Å². The average Bonchev–Trinajstić information content (AvgIpc) is 2.57. The van der Waals surface area contributed by atoms with Gasteiger partial charge in [-0.1, -0.05) is 56.6 Å². The number of nitrogens with one attached hydrogen (secondary N) is 1. The topological polar surface area (TPSA) is 29.1 Å². The maximum atomic E-state index is 12.1. The van der Waals surface area contributed by atoms with Gasteiger partial charge in [0.2, 0.25) is 0 Å². The van der Waals surface area contributed by atoms with Gasteiger partial charge in [0.1, 0.15) is 0 Å². The summed E-state index contributed by atoms with van der Waals surface area (Å²) < 4.78 is 0. The Morgan fingerprint density at radius 3 is 1.94 bits per heavy atom. The van der Waals surface area contributed by atoms with Crippen molar-refractivity contribution < 1.29 is 4.79 Å². The molecule has 1 N–H and O–H groups in total. The van der Waals surface area contributed by atoms with Crippen molar-refractivity contribution in [3.8, 4) is 0 Å². The highest BCUT2D eigenvalue weighted by Crippen LogP contribution is 2.19. The minimum Gasteiger partial charge on any atom is -0.348 e. The van der Waals surface area contributed by atoms with Crippen LogP contribution in [-0.2, 0) is 6.54 Å². The number of amides is 1. The molecular formula is C14H23NOSi2. The Labute approximate surface area is 112 Å². The third-order valence-electron chi connectivity index (χ3n) is 3.58. The summed E-state index contributed by atoms with van der Waals surface area (Å²) in [5.74, 6) is 0.141. The van der Waals surface area contributed by atoms with Gasteiger partial charge in [-0.25, -0.2) is 0 Å². The molecule has 0 bridgehead atoms. The summed E-state index contributed by atoms with van der Waals surface area (Å²) in [6.07, 6.45) is 0. The first-order valence-corrected chi connectivity index (χ1v) is 13.6. The van der Waals surface area contributed by atoms with E-state index in [1.165, 1.54) is 15.9 Å². The zero-order chi connectivity index (χ0) is 13.7. The van der Waals surface area contributed by atoms with Crippen LogP contribution >= 0.6 is 0 Å². The Bertz CT molecular complexity index is 510. The van der Waals surface area contributed by atoms with E-state index in [0.29, 0.717) is 0 Å². The first kappa shape index (κ1) is 13.6. The highest BCUT2D eigenvalue weighted by atomic mass is 28.3. The molecule has 98 valence electrons. The molecule has 1 aromatic rings. The summed E-state index contributed by atoms with van der Waals surface area (Å²) >= 11 is 0. The molecule has 1 aromatic carbocycles. The van der Waals surface area contributed by atoms with E-state index in [2.05, 4.69) is 56.7 Å². The molecule has 0 aromatic heterocycles. The Kier molecular flexibility index (Phi) is 3.06. The molecule has 2 rings (SSSR count). The zero-order valence-corrected chi connectivity index (χ0v) is 14.3. The smallest absolute Gasteiger partial charge is 0.251 e. The van der Waals surface area contributed by atoms with E-state index >= 15 is 0 Å². The second-order valence-electron chi connectivity index (χ2n) is 7.20. The molecule has 0 saturated carbocycles. The molecule has 1 aliphatic heterocycles. The third kappa shape index (κ3) is 2.19. The Morgan fingerprint density at radius 2 is 1.44 bits per heavy atom. The molecule has 1 aliphatic rings. The minimum absolute atomic E-state index is 0.141. The largest absolute Gasteiger partial charge is 0.348 e. The van der Waals surface area contributed by atoms with Crippen molar-refractivity contribution in [2.24, 2.45) is 0 Å². The van der Waals surface area contributed by atoms with Crippen molar-refractivity contribution >= 4 is 32.4 Å². The lowest BCUT2D eigenvalue weighted by atomic mass is 10.1. The van der Waals surface area contributed by atoms with E-state index in [-0.39, 0.29) is 5.91 Å². The number of carbonyl (C=O) groups is 1. The van der Waals surface area contributed by atoms with Crippen molar-refractivity contribution in [1.82, 2.24) is 5.32 Å². The van der Waals surface area contributed by atoms with Gasteiger partial charge in [-0.05, 0) is 10.8 Å². The molecule has 1 heterocycles. The van der Waals surface area contributed by atoms with Crippen molar-refractivity contribution in [1.29, 1.82) is 0 Å². The summed E-state index contributed by atoms with van der Waals surface area (Å²) in [5.41, 5.74) is 2.30. The SMILES string of the molecule is C[Si](C)(C)c1ccc([Si](C)(C)C)c2c1CNC2=O. The van der Waals surface area contributed by atoms with Gasteiger partial charge < -0.3 is 5.32 Å². The first-order valence-electron chi connectivity index (χ1n) is 6.57. The van der Waals surface area contributed by atoms with Crippen LogP contribution in [-0.4, -0.2) is 22.1 Å². The van der Waals surface area contributed by atoms with Crippen LogP contribution in [0.2, 0.25) is 39.3 Å². The molecule has 0 spiro atoms. The highest BCUT2D eigenvalue weighted by molar-refractivity contribution is 6.91. The van der Waals surface area contributed by atoms with Crippen LogP contribution in [0.25, 0.3) is 0 Å². The van der Waals surface area contributed by atoms with Gasteiger partial charge in [0.05, 0.1) is 16.1 Å². The fourth-order valence-corrected chi connectivity index (χ4v) is 5.98. The molecule has 0 unspecified atom stereocenters. The van der Waals surface area contributed by atoms with Crippen molar-refractivity contribution in [2.75, 3.05) is 0 Å². The second-order valence-corrected chi connectivity index (χ2v) is 17.3. The molecular weight excluding hydrogens is 254 g/mol. The molecule has 0 aliphatic carbocycles. The third-order valence-corrected chi connectivity index (χ3v) is 7.70. The van der Waals surface area contributed by atoms with E-state index in [1.807, 2.05) is 0 Å². The fraction of sp³-hybridized carbons (Fsp3) is 0.500. The molecule has 18 heavy (non-hydrogen) atoms. The van der Waals surface area contributed by atoms with Crippen molar-refractivity contribution in [3.05, 3.63) is 23.3 Å². The van der Waals surface area contributed by atoms with Crippen LogP contribution in [0.1, 0.15) is 15.9 Å². The predicted octanol–water partition coefficient (Wildman–Crippen LogP) is 2.02. The summed E-state index contributed by atoms with van der Waals surface area (Å²) in [4.78, 5) is 12.1. The first-order chi connectivity index (χ1) is 8.12. The lowest BCUT2D eigenvalue weighted by Gasteiger charge is -2.25. The number of fused-ring (bicyclic) bond motifs is 1.